The van der Waals surface area contributed by atoms with E-state index in [1.165, 1.54) is 6.20 Å². The Hall–Kier alpha value is -1.38. The molecular weight excluding hydrogens is 351 g/mol. The van der Waals surface area contributed by atoms with Gasteiger partial charge in [-0.1, -0.05) is 0 Å². The number of benzene rings is 1. The highest BCUT2D eigenvalue weighted by molar-refractivity contribution is 9.10. The maximum atomic E-state index is 13.3. The zero-order valence-electron chi connectivity index (χ0n) is 11.1. The van der Waals surface area contributed by atoms with Crippen molar-refractivity contribution in [1.29, 1.82) is 0 Å². The van der Waals surface area contributed by atoms with Crippen molar-refractivity contribution < 1.29 is 17.9 Å². The quantitative estimate of drug-likeness (QED) is 0.831. The molecule has 0 bridgehead atoms. The van der Waals surface area contributed by atoms with E-state index in [0.29, 0.717) is 23.3 Å². The van der Waals surface area contributed by atoms with Crippen molar-refractivity contribution in [2.75, 3.05) is 13.7 Å². The lowest BCUT2D eigenvalue weighted by Crippen LogP contribution is -2.20. The Balaban J connectivity index is 2.40. The fourth-order valence-electron chi connectivity index (χ4n) is 1.95. The normalized spacial score (nSPS) is 12.7. The molecule has 0 amide bonds. The third kappa shape index (κ3) is 3.28. The van der Waals surface area contributed by atoms with Crippen molar-refractivity contribution in [3.05, 3.63) is 51.5 Å². The fourth-order valence-corrected chi connectivity index (χ4v) is 2.49. The molecule has 1 aromatic heterocycles. The summed E-state index contributed by atoms with van der Waals surface area (Å²) < 4.78 is 46.8. The first kappa shape index (κ1) is 16.0. The molecule has 4 nitrogen and oxygen atoms in total. The van der Waals surface area contributed by atoms with E-state index < -0.39 is 23.5 Å². The van der Waals surface area contributed by atoms with Crippen LogP contribution in [-0.2, 0) is 11.3 Å². The molecule has 0 spiro atoms. The summed E-state index contributed by atoms with van der Waals surface area (Å²) in [5, 5.41) is 4.11. The number of aromatic nitrogens is 2. The van der Waals surface area contributed by atoms with Gasteiger partial charge in [-0.3, -0.25) is 4.68 Å². The van der Waals surface area contributed by atoms with Gasteiger partial charge in [0.1, 0.15) is 0 Å². The molecule has 0 saturated carbocycles. The molecule has 2 rings (SSSR count). The number of hydrogen-bond donors (Lipinski definition) is 1. The third-order valence-electron chi connectivity index (χ3n) is 3.00. The molecule has 0 fully saturated rings. The van der Waals surface area contributed by atoms with Crippen molar-refractivity contribution in [3.8, 4) is 0 Å². The van der Waals surface area contributed by atoms with Gasteiger partial charge in [-0.05, 0) is 33.6 Å². The predicted molar refractivity (Wildman–Crippen MR) is 74.1 cm³/mol. The number of rotatable bonds is 5. The highest BCUT2D eigenvalue weighted by Gasteiger charge is 2.21. The number of hydrogen-bond acceptors (Lipinski definition) is 3. The van der Waals surface area contributed by atoms with Crippen LogP contribution in [0.1, 0.15) is 17.3 Å². The highest BCUT2D eigenvalue weighted by Crippen LogP contribution is 2.28. The molecule has 2 N–H and O–H groups in total. The van der Waals surface area contributed by atoms with Gasteiger partial charge < -0.3 is 10.5 Å². The Morgan fingerprint density at radius 1 is 1.33 bits per heavy atom. The molecule has 1 unspecified atom stereocenters. The van der Waals surface area contributed by atoms with E-state index >= 15 is 0 Å². The van der Waals surface area contributed by atoms with E-state index in [4.69, 9.17) is 10.5 Å². The third-order valence-corrected chi connectivity index (χ3v) is 3.61. The zero-order chi connectivity index (χ0) is 15.6. The summed E-state index contributed by atoms with van der Waals surface area (Å²) in [6, 6.07) is 0.898. The Morgan fingerprint density at radius 2 is 1.95 bits per heavy atom. The number of methoxy groups -OCH3 is 1. The largest absolute Gasteiger partial charge is 0.383 e. The lowest BCUT2D eigenvalue weighted by Gasteiger charge is -2.16. The van der Waals surface area contributed by atoms with E-state index in [0.717, 1.165) is 12.1 Å². The molecule has 8 heteroatoms. The van der Waals surface area contributed by atoms with Crippen LogP contribution in [0.2, 0.25) is 0 Å². The standard InChI is InChI=1S/C13H13BrF3N3O/c1-21-3-2-20-13(8(14)6-19-20)12(18)7-4-9(15)11(17)10(16)5-7/h4-6,12H,2-3,18H2,1H3. The van der Waals surface area contributed by atoms with E-state index in [2.05, 4.69) is 21.0 Å². The second-order valence-electron chi connectivity index (χ2n) is 4.37. The van der Waals surface area contributed by atoms with E-state index in [9.17, 15) is 13.2 Å². The maximum absolute atomic E-state index is 13.3. The summed E-state index contributed by atoms with van der Waals surface area (Å²) in [6.07, 6.45) is 1.53. The molecule has 0 aliphatic carbocycles. The van der Waals surface area contributed by atoms with Crippen LogP contribution < -0.4 is 5.73 Å². The van der Waals surface area contributed by atoms with Crippen molar-refractivity contribution in [1.82, 2.24) is 9.78 Å². The molecule has 1 aromatic carbocycles. The molecule has 2 aromatic rings. The average Bonchev–Trinajstić information content (AvgIpc) is 2.82. The SMILES string of the molecule is COCCn1ncc(Br)c1C(N)c1cc(F)c(F)c(F)c1. The molecule has 0 saturated heterocycles. The van der Waals surface area contributed by atoms with Crippen LogP contribution in [0.15, 0.2) is 22.8 Å². The van der Waals surface area contributed by atoms with E-state index in [-0.39, 0.29) is 5.56 Å². The minimum atomic E-state index is -1.52. The van der Waals surface area contributed by atoms with Gasteiger partial charge in [0.2, 0.25) is 0 Å². The predicted octanol–water partition coefficient (Wildman–Crippen LogP) is 2.76. The van der Waals surface area contributed by atoms with Gasteiger partial charge in [-0.2, -0.15) is 5.10 Å². The Kier molecular flexibility index (Phi) is 5.02. The fraction of sp³-hybridized carbons (Fsp3) is 0.308. The molecule has 0 radical (unpaired) electrons. The van der Waals surface area contributed by atoms with E-state index in [1.54, 1.807) is 11.8 Å². The zero-order valence-corrected chi connectivity index (χ0v) is 12.7. The number of halogens is 4. The van der Waals surface area contributed by atoms with E-state index in [1.807, 2.05) is 0 Å². The lowest BCUT2D eigenvalue weighted by atomic mass is 10.0. The smallest absolute Gasteiger partial charge is 0.194 e. The molecule has 114 valence electrons. The number of nitrogens with two attached hydrogens (primary N) is 1. The van der Waals surface area contributed by atoms with Crippen LogP contribution in [0.5, 0.6) is 0 Å². The second kappa shape index (κ2) is 6.59. The van der Waals surface area contributed by atoms with Crippen molar-refractivity contribution in [3.63, 3.8) is 0 Å². The second-order valence-corrected chi connectivity index (χ2v) is 5.22. The lowest BCUT2D eigenvalue weighted by molar-refractivity contribution is 0.182. The van der Waals surface area contributed by atoms with Crippen molar-refractivity contribution in [2.24, 2.45) is 5.73 Å². The summed E-state index contributed by atoms with van der Waals surface area (Å²) in [5.41, 5.74) is 6.68. The van der Waals surface area contributed by atoms with Gasteiger partial charge in [0.05, 0.1) is 35.6 Å². The molecule has 1 atom stereocenters. The topological polar surface area (TPSA) is 53.1 Å². The molecular formula is C13H13BrF3N3O. The van der Waals surface area contributed by atoms with Crippen LogP contribution >= 0.6 is 15.9 Å². The molecule has 0 aliphatic rings. The molecule has 1 heterocycles. The minimum absolute atomic E-state index is 0.117. The Bertz CT molecular complexity index is 625. The first-order valence-corrected chi connectivity index (χ1v) is 6.85. The Morgan fingerprint density at radius 3 is 2.52 bits per heavy atom. The van der Waals surface area contributed by atoms with Crippen LogP contribution in [0.4, 0.5) is 13.2 Å². The van der Waals surface area contributed by atoms with Crippen LogP contribution in [0, 0.1) is 17.5 Å². The first-order chi connectivity index (χ1) is 9.95. The highest BCUT2D eigenvalue weighted by atomic mass is 79.9. The monoisotopic (exact) mass is 363 g/mol. The summed E-state index contributed by atoms with van der Waals surface area (Å²) >= 11 is 3.29. The summed E-state index contributed by atoms with van der Waals surface area (Å²) in [5.74, 6) is -4.07. The van der Waals surface area contributed by atoms with Crippen LogP contribution in [-0.4, -0.2) is 23.5 Å². The Labute approximate surface area is 127 Å². The first-order valence-electron chi connectivity index (χ1n) is 6.05. The molecule has 0 aliphatic heterocycles. The van der Waals surface area contributed by atoms with Crippen molar-refractivity contribution in [2.45, 2.75) is 12.6 Å². The van der Waals surface area contributed by atoms with Crippen molar-refractivity contribution >= 4 is 15.9 Å². The summed E-state index contributed by atoms with van der Waals surface area (Å²) in [4.78, 5) is 0. The van der Waals surface area contributed by atoms with Gasteiger partial charge in [-0.15, -0.1) is 0 Å². The minimum Gasteiger partial charge on any atom is -0.383 e. The number of nitrogens with zero attached hydrogens (tertiary/aromatic N) is 2. The van der Waals surface area contributed by atoms with Gasteiger partial charge >= 0.3 is 0 Å². The van der Waals surface area contributed by atoms with Gasteiger partial charge in [0.25, 0.3) is 0 Å². The van der Waals surface area contributed by atoms with Gasteiger partial charge in [0, 0.05) is 7.11 Å². The van der Waals surface area contributed by atoms with Gasteiger partial charge in [0.15, 0.2) is 17.5 Å². The van der Waals surface area contributed by atoms with Crippen LogP contribution in [0.3, 0.4) is 0 Å². The van der Waals surface area contributed by atoms with Gasteiger partial charge in [-0.25, -0.2) is 13.2 Å². The summed E-state index contributed by atoms with van der Waals surface area (Å²) in [6.45, 7) is 0.831. The molecule has 21 heavy (non-hydrogen) atoms. The number of ether oxygens (including phenoxy) is 1. The summed E-state index contributed by atoms with van der Waals surface area (Å²) in [7, 11) is 1.54. The van der Waals surface area contributed by atoms with Crippen LogP contribution in [0.25, 0.3) is 0 Å². The maximum Gasteiger partial charge on any atom is 0.194 e. The average molecular weight is 364 g/mol.